The lowest BCUT2D eigenvalue weighted by Gasteiger charge is -2.36. The second-order valence-corrected chi connectivity index (χ2v) is 6.55. The van der Waals surface area contributed by atoms with Crippen LogP contribution in [0.15, 0.2) is 41.7 Å². The summed E-state index contributed by atoms with van der Waals surface area (Å²) >= 11 is 6.08. The van der Waals surface area contributed by atoms with Crippen molar-refractivity contribution in [2.45, 2.75) is 13.5 Å². The van der Waals surface area contributed by atoms with Crippen LogP contribution < -0.4 is 15.0 Å². The molecule has 144 valence electrons. The minimum absolute atomic E-state index is 0.603. The molecular weight excluding hydrogens is 364 g/mol. The van der Waals surface area contributed by atoms with E-state index in [0.717, 1.165) is 49.4 Å². The molecule has 1 aromatic heterocycles. The van der Waals surface area contributed by atoms with Gasteiger partial charge in [0.1, 0.15) is 5.75 Å². The minimum atomic E-state index is 0.603. The average Bonchev–Trinajstić information content (AvgIpc) is 2.71. The van der Waals surface area contributed by atoms with E-state index < -0.39 is 0 Å². The highest BCUT2D eigenvalue weighted by atomic mass is 35.5. The van der Waals surface area contributed by atoms with Crippen molar-refractivity contribution < 1.29 is 4.74 Å². The van der Waals surface area contributed by atoms with Crippen molar-refractivity contribution in [1.29, 1.82) is 0 Å². The predicted molar refractivity (Wildman–Crippen MR) is 109 cm³/mol. The van der Waals surface area contributed by atoms with E-state index in [1.54, 1.807) is 19.4 Å². The van der Waals surface area contributed by atoms with Crippen LogP contribution in [0.4, 0.5) is 5.95 Å². The zero-order valence-corrected chi connectivity index (χ0v) is 16.5. The van der Waals surface area contributed by atoms with E-state index in [-0.39, 0.29) is 0 Å². The van der Waals surface area contributed by atoms with Crippen molar-refractivity contribution in [3.05, 3.63) is 47.2 Å². The Balaban J connectivity index is 1.58. The Bertz CT molecular complexity index is 762. The molecule has 1 fully saturated rings. The monoisotopic (exact) mass is 388 g/mol. The fraction of sp³-hybridized carbons (Fsp3) is 0.421. The summed E-state index contributed by atoms with van der Waals surface area (Å²) in [6.45, 7) is 6.62. The molecule has 0 amide bonds. The van der Waals surface area contributed by atoms with Gasteiger partial charge in [-0.3, -0.25) is 4.99 Å². The van der Waals surface area contributed by atoms with Gasteiger partial charge in [-0.25, -0.2) is 9.97 Å². The average molecular weight is 389 g/mol. The molecule has 0 bridgehead atoms. The molecule has 1 N–H and O–H groups in total. The van der Waals surface area contributed by atoms with Crippen LogP contribution in [0.5, 0.6) is 5.75 Å². The van der Waals surface area contributed by atoms with E-state index in [2.05, 4.69) is 30.1 Å². The van der Waals surface area contributed by atoms with Crippen molar-refractivity contribution in [3.63, 3.8) is 0 Å². The van der Waals surface area contributed by atoms with Gasteiger partial charge < -0.3 is 19.9 Å². The Labute approximate surface area is 165 Å². The molecule has 0 aliphatic carbocycles. The van der Waals surface area contributed by atoms with Crippen LogP contribution in [0.3, 0.4) is 0 Å². The lowest BCUT2D eigenvalue weighted by atomic mass is 10.2. The van der Waals surface area contributed by atoms with E-state index in [0.29, 0.717) is 18.2 Å². The highest BCUT2D eigenvalue weighted by Crippen LogP contribution is 2.23. The number of benzene rings is 1. The first kappa shape index (κ1) is 19.2. The summed E-state index contributed by atoms with van der Waals surface area (Å²) in [6.07, 6.45) is 3.55. The Morgan fingerprint density at radius 2 is 1.96 bits per heavy atom. The molecule has 1 aromatic carbocycles. The highest BCUT2D eigenvalue weighted by molar-refractivity contribution is 6.30. The smallest absolute Gasteiger partial charge is 0.225 e. The molecule has 7 nitrogen and oxygen atoms in total. The normalized spacial score (nSPS) is 15.0. The maximum absolute atomic E-state index is 6.08. The van der Waals surface area contributed by atoms with Crippen LogP contribution in [0, 0.1) is 0 Å². The number of aliphatic imine (C=N–C) groups is 1. The van der Waals surface area contributed by atoms with Crippen LogP contribution >= 0.6 is 11.6 Å². The SMILES string of the molecule is CCOc1cc(Cl)ccc1CNC(=NC)N1CCN(c2ncccn2)CC1. The molecule has 0 unspecified atom stereocenters. The van der Waals surface area contributed by atoms with Crippen molar-refractivity contribution in [2.24, 2.45) is 4.99 Å². The molecule has 2 aromatic rings. The number of nitrogens with zero attached hydrogens (tertiary/aromatic N) is 5. The van der Waals surface area contributed by atoms with Crippen LogP contribution in [-0.4, -0.2) is 60.7 Å². The van der Waals surface area contributed by atoms with Gasteiger partial charge in [0, 0.05) is 62.8 Å². The Kier molecular flexibility index (Phi) is 6.70. The van der Waals surface area contributed by atoms with Gasteiger partial charge in [-0.1, -0.05) is 17.7 Å². The molecule has 2 heterocycles. The van der Waals surface area contributed by atoms with Gasteiger partial charge in [0.15, 0.2) is 5.96 Å². The number of rotatable bonds is 5. The van der Waals surface area contributed by atoms with Gasteiger partial charge in [-0.2, -0.15) is 0 Å². The summed E-state index contributed by atoms with van der Waals surface area (Å²) in [5.41, 5.74) is 1.05. The highest BCUT2D eigenvalue weighted by Gasteiger charge is 2.21. The summed E-state index contributed by atoms with van der Waals surface area (Å²) in [7, 11) is 1.81. The molecule has 1 aliphatic heterocycles. The molecule has 3 rings (SSSR count). The number of halogens is 1. The van der Waals surface area contributed by atoms with Gasteiger partial charge in [-0.05, 0) is 25.1 Å². The van der Waals surface area contributed by atoms with Crippen molar-refractivity contribution in [2.75, 3.05) is 44.7 Å². The molecule has 1 saturated heterocycles. The first-order chi connectivity index (χ1) is 13.2. The number of piperazine rings is 1. The maximum atomic E-state index is 6.08. The largest absolute Gasteiger partial charge is 0.493 e. The predicted octanol–water partition coefficient (Wildman–Crippen LogP) is 2.43. The van der Waals surface area contributed by atoms with Crippen LogP contribution in [-0.2, 0) is 6.54 Å². The third-order valence-electron chi connectivity index (χ3n) is 4.39. The van der Waals surface area contributed by atoms with Gasteiger partial charge in [0.2, 0.25) is 5.95 Å². The van der Waals surface area contributed by atoms with Crippen LogP contribution in [0.2, 0.25) is 5.02 Å². The van der Waals surface area contributed by atoms with Crippen molar-refractivity contribution >= 4 is 23.5 Å². The Morgan fingerprint density at radius 1 is 1.22 bits per heavy atom. The maximum Gasteiger partial charge on any atom is 0.225 e. The van der Waals surface area contributed by atoms with Gasteiger partial charge in [0.05, 0.1) is 6.61 Å². The lowest BCUT2D eigenvalue weighted by Crippen LogP contribution is -2.52. The van der Waals surface area contributed by atoms with Crippen LogP contribution in [0.25, 0.3) is 0 Å². The van der Waals surface area contributed by atoms with E-state index in [9.17, 15) is 0 Å². The summed E-state index contributed by atoms with van der Waals surface area (Å²) in [6, 6.07) is 7.54. The van der Waals surface area contributed by atoms with Crippen LogP contribution in [0.1, 0.15) is 12.5 Å². The Hall–Kier alpha value is -2.54. The topological polar surface area (TPSA) is 65.9 Å². The summed E-state index contributed by atoms with van der Waals surface area (Å²) in [5.74, 6) is 2.46. The first-order valence-corrected chi connectivity index (χ1v) is 9.48. The zero-order chi connectivity index (χ0) is 19.1. The molecule has 8 heteroatoms. The zero-order valence-electron chi connectivity index (χ0n) is 15.7. The quantitative estimate of drug-likeness (QED) is 0.626. The third-order valence-corrected chi connectivity index (χ3v) is 4.63. The number of hydrogen-bond acceptors (Lipinski definition) is 5. The second kappa shape index (κ2) is 9.41. The molecule has 0 spiro atoms. The number of aromatic nitrogens is 2. The molecular formula is C19H25ClN6O. The molecule has 1 aliphatic rings. The van der Waals surface area contributed by atoms with E-state index in [4.69, 9.17) is 16.3 Å². The van der Waals surface area contributed by atoms with Gasteiger partial charge in [-0.15, -0.1) is 0 Å². The van der Waals surface area contributed by atoms with Gasteiger partial charge >= 0.3 is 0 Å². The summed E-state index contributed by atoms with van der Waals surface area (Å²) in [5, 5.41) is 4.10. The standard InChI is InChI=1S/C19H25ClN6O/c1-3-27-17-13-16(20)6-5-15(17)14-24-18(21-2)25-9-11-26(12-10-25)19-22-7-4-8-23-19/h4-8,13H,3,9-12,14H2,1-2H3,(H,21,24). The molecule has 0 radical (unpaired) electrons. The van der Waals surface area contributed by atoms with E-state index in [1.165, 1.54) is 0 Å². The number of anilines is 1. The molecule has 0 saturated carbocycles. The van der Waals surface area contributed by atoms with E-state index >= 15 is 0 Å². The molecule has 27 heavy (non-hydrogen) atoms. The summed E-state index contributed by atoms with van der Waals surface area (Å²) in [4.78, 5) is 17.5. The number of guanidine groups is 1. The lowest BCUT2D eigenvalue weighted by molar-refractivity contribution is 0.335. The van der Waals surface area contributed by atoms with E-state index in [1.807, 2.05) is 31.2 Å². The molecule has 0 atom stereocenters. The number of hydrogen-bond donors (Lipinski definition) is 1. The third kappa shape index (κ3) is 5.01. The number of ether oxygens (including phenoxy) is 1. The van der Waals surface area contributed by atoms with Crippen molar-refractivity contribution in [3.8, 4) is 5.75 Å². The Morgan fingerprint density at radius 3 is 2.63 bits per heavy atom. The minimum Gasteiger partial charge on any atom is -0.493 e. The van der Waals surface area contributed by atoms with Gasteiger partial charge in [0.25, 0.3) is 0 Å². The number of nitrogens with one attached hydrogen (secondary N) is 1. The first-order valence-electron chi connectivity index (χ1n) is 9.10. The fourth-order valence-electron chi connectivity index (χ4n) is 3.04. The fourth-order valence-corrected chi connectivity index (χ4v) is 3.21. The summed E-state index contributed by atoms with van der Waals surface area (Å²) < 4.78 is 5.69. The second-order valence-electron chi connectivity index (χ2n) is 6.11. The van der Waals surface area contributed by atoms with Crippen molar-refractivity contribution in [1.82, 2.24) is 20.2 Å².